The Bertz CT molecular complexity index is 706. The number of halogens is 1. The number of furan rings is 1. The van der Waals surface area contributed by atoms with Crippen LogP contribution in [0, 0.1) is 5.82 Å². The number of aliphatic hydroxyl groups is 1. The maximum atomic E-state index is 13.8. The van der Waals surface area contributed by atoms with E-state index >= 15 is 0 Å². The summed E-state index contributed by atoms with van der Waals surface area (Å²) < 4.78 is 19.4. The maximum absolute atomic E-state index is 13.8. The second-order valence-corrected chi connectivity index (χ2v) is 6.09. The van der Waals surface area contributed by atoms with Crippen LogP contribution in [-0.4, -0.2) is 59.6 Å². The molecule has 3 rings (SSSR count). The average Bonchev–Trinajstić information content (AvgIpc) is 3.04. The molecule has 0 spiro atoms. The number of amides is 1. The number of carbonyl (C=O) groups excluding carboxylic acids is 1. The van der Waals surface area contributed by atoms with Gasteiger partial charge in [0.1, 0.15) is 11.6 Å². The van der Waals surface area contributed by atoms with Crippen LogP contribution < -0.4 is 0 Å². The average molecular weight is 332 g/mol. The molecule has 1 aliphatic rings. The molecular formula is C18H21FN2O3. The molecule has 0 bridgehead atoms. The van der Waals surface area contributed by atoms with Gasteiger partial charge in [-0.05, 0) is 31.2 Å². The first kappa shape index (κ1) is 16.7. The molecule has 1 fully saturated rings. The Morgan fingerprint density at radius 1 is 1.21 bits per heavy atom. The molecule has 1 N–H and O–H groups in total. The van der Waals surface area contributed by atoms with Crippen molar-refractivity contribution in [2.75, 3.05) is 32.7 Å². The topological polar surface area (TPSA) is 56.9 Å². The van der Waals surface area contributed by atoms with Crippen molar-refractivity contribution in [3.05, 3.63) is 48.0 Å². The van der Waals surface area contributed by atoms with Crippen molar-refractivity contribution in [3.63, 3.8) is 0 Å². The van der Waals surface area contributed by atoms with Crippen molar-refractivity contribution in [3.8, 4) is 11.3 Å². The van der Waals surface area contributed by atoms with Crippen LogP contribution in [0.2, 0.25) is 0 Å². The van der Waals surface area contributed by atoms with E-state index < -0.39 is 0 Å². The van der Waals surface area contributed by atoms with Gasteiger partial charge in [-0.25, -0.2) is 4.39 Å². The molecule has 0 radical (unpaired) electrons. The normalized spacial score (nSPS) is 17.0. The van der Waals surface area contributed by atoms with Gasteiger partial charge in [-0.1, -0.05) is 12.1 Å². The number of hydrogen-bond acceptors (Lipinski definition) is 4. The molecular weight excluding hydrogens is 311 g/mol. The Labute approximate surface area is 140 Å². The number of piperazine rings is 1. The number of aliphatic hydroxyl groups excluding tert-OH is 1. The van der Waals surface area contributed by atoms with Gasteiger partial charge in [0.2, 0.25) is 0 Å². The van der Waals surface area contributed by atoms with Gasteiger partial charge < -0.3 is 14.4 Å². The molecule has 2 heterocycles. The van der Waals surface area contributed by atoms with E-state index in [1.54, 1.807) is 42.2 Å². The number of benzene rings is 1. The Morgan fingerprint density at radius 2 is 1.92 bits per heavy atom. The summed E-state index contributed by atoms with van der Waals surface area (Å²) in [6.45, 7) is 4.97. The lowest BCUT2D eigenvalue weighted by atomic mass is 10.1. The monoisotopic (exact) mass is 332 g/mol. The van der Waals surface area contributed by atoms with Gasteiger partial charge in [0, 0.05) is 32.7 Å². The van der Waals surface area contributed by atoms with Crippen molar-refractivity contribution in [2.24, 2.45) is 0 Å². The Kier molecular flexibility index (Phi) is 4.97. The lowest BCUT2D eigenvalue weighted by Crippen LogP contribution is -2.50. The predicted molar refractivity (Wildman–Crippen MR) is 88.1 cm³/mol. The third kappa shape index (κ3) is 3.66. The molecule has 1 aliphatic heterocycles. The van der Waals surface area contributed by atoms with Crippen LogP contribution in [-0.2, 0) is 0 Å². The van der Waals surface area contributed by atoms with E-state index in [2.05, 4.69) is 4.90 Å². The number of hydrogen-bond donors (Lipinski definition) is 1. The van der Waals surface area contributed by atoms with Crippen molar-refractivity contribution in [2.45, 2.75) is 13.0 Å². The molecule has 0 aliphatic carbocycles. The van der Waals surface area contributed by atoms with Gasteiger partial charge >= 0.3 is 0 Å². The SMILES string of the molecule is CC(O)CN1CCN(C(=O)c2ccc(-c3ccccc3F)o2)CC1. The van der Waals surface area contributed by atoms with Crippen molar-refractivity contribution in [1.82, 2.24) is 9.80 Å². The van der Waals surface area contributed by atoms with E-state index in [1.807, 2.05) is 0 Å². The summed E-state index contributed by atoms with van der Waals surface area (Å²) in [6, 6.07) is 9.53. The summed E-state index contributed by atoms with van der Waals surface area (Å²) in [5.74, 6) is 0.00768. The quantitative estimate of drug-likeness (QED) is 0.933. The second-order valence-electron chi connectivity index (χ2n) is 6.09. The van der Waals surface area contributed by atoms with Gasteiger partial charge in [0.05, 0.1) is 11.7 Å². The van der Waals surface area contributed by atoms with Crippen LogP contribution in [0.1, 0.15) is 17.5 Å². The number of rotatable bonds is 4. The first-order valence-electron chi connectivity index (χ1n) is 8.09. The summed E-state index contributed by atoms with van der Waals surface area (Å²) in [5, 5.41) is 9.42. The van der Waals surface area contributed by atoms with Crippen LogP contribution in [0.25, 0.3) is 11.3 Å². The van der Waals surface area contributed by atoms with E-state index in [-0.39, 0.29) is 23.6 Å². The molecule has 6 heteroatoms. The van der Waals surface area contributed by atoms with Crippen LogP contribution in [0.5, 0.6) is 0 Å². The largest absolute Gasteiger partial charge is 0.451 e. The molecule has 1 amide bonds. The van der Waals surface area contributed by atoms with Gasteiger partial charge in [0.15, 0.2) is 5.76 Å². The van der Waals surface area contributed by atoms with E-state index in [1.165, 1.54) is 6.07 Å². The van der Waals surface area contributed by atoms with Gasteiger partial charge in [0.25, 0.3) is 5.91 Å². The lowest BCUT2D eigenvalue weighted by molar-refractivity contribution is 0.0529. The second kappa shape index (κ2) is 7.15. The third-order valence-electron chi connectivity index (χ3n) is 4.14. The highest BCUT2D eigenvalue weighted by atomic mass is 19.1. The highest BCUT2D eigenvalue weighted by Gasteiger charge is 2.25. The molecule has 1 atom stereocenters. The fraction of sp³-hybridized carbons (Fsp3) is 0.389. The van der Waals surface area contributed by atoms with E-state index in [0.29, 0.717) is 31.0 Å². The fourth-order valence-corrected chi connectivity index (χ4v) is 2.92. The summed E-state index contributed by atoms with van der Waals surface area (Å²) in [5.41, 5.74) is 0.346. The van der Waals surface area contributed by atoms with Gasteiger partial charge in [-0.3, -0.25) is 9.69 Å². The predicted octanol–water partition coefficient (Wildman–Crippen LogP) is 2.22. The minimum Gasteiger partial charge on any atom is -0.451 e. The Morgan fingerprint density at radius 3 is 2.58 bits per heavy atom. The smallest absolute Gasteiger partial charge is 0.289 e. The Hall–Kier alpha value is -2.18. The van der Waals surface area contributed by atoms with Crippen molar-refractivity contribution in [1.29, 1.82) is 0 Å². The molecule has 128 valence electrons. The van der Waals surface area contributed by atoms with Crippen LogP contribution in [0.15, 0.2) is 40.8 Å². The fourth-order valence-electron chi connectivity index (χ4n) is 2.92. The maximum Gasteiger partial charge on any atom is 0.289 e. The molecule has 0 saturated carbocycles. The first-order valence-corrected chi connectivity index (χ1v) is 8.09. The standard InChI is InChI=1S/C18H21FN2O3/c1-13(22)12-20-8-10-21(11-9-20)18(23)17-7-6-16(24-17)14-4-2-3-5-15(14)19/h2-7,13,22H,8-12H2,1H3. The van der Waals surface area contributed by atoms with E-state index in [4.69, 9.17) is 4.42 Å². The van der Waals surface area contributed by atoms with Crippen LogP contribution >= 0.6 is 0 Å². The van der Waals surface area contributed by atoms with Gasteiger partial charge in [-0.15, -0.1) is 0 Å². The third-order valence-corrected chi connectivity index (χ3v) is 4.14. The van der Waals surface area contributed by atoms with Gasteiger partial charge in [-0.2, -0.15) is 0 Å². The zero-order valence-electron chi connectivity index (χ0n) is 13.6. The molecule has 1 aromatic heterocycles. The molecule has 5 nitrogen and oxygen atoms in total. The van der Waals surface area contributed by atoms with Crippen molar-refractivity contribution < 1.29 is 18.7 Å². The number of nitrogens with zero attached hydrogens (tertiary/aromatic N) is 2. The lowest BCUT2D eigenvalue weighted by Gasteiger charge is -2.34. The summed E-state index contributed by atoms with van der Waals surface area (Å²) in [6.07, 6.45) is -0.374. The molecule has 1 saturated heterocycles. The zero-order chi connectivity index (χ0) is 17.1. The zero-order valence-corrected chi connectivity index (χ0v) is 13.6. The number of carbonyl (C=O) groups is 1. The molecule has 1 aromatic carbocycles. The molecule has 24 heavy (non-hydrogen) atoms. The highest BCUT2D eigenvalue weighted by molar-refractivity contribution is 5.92. The molecule has 2 aromatic rings. The molecule has 1 unspecified atom stereocenters. The van der Waals surface area contributed by atoms with Crippen molar-refractivity contribution >= 4 is 5.91 Å². The summed E-state index contributed by atoms with van der Waals surface area (Å²) in [7, 11) is 0. The van der Waals surface area contributed by atoms with E-state index in [9.17, 15) is 14.3 Å². The number of β-amino-alcohol motifs (C(OH)–C–C–N with tert-alkyl or cyclic N) is 1. The summed E-state index contributed by atoms with van der Waals surface area (Å²) in [4.78, 5) is 16.4. The van der Waals surface area contributed by atoms with Crippen LogP contribution in [0.3, 0.4) is 0 Å². The Balaban J connectivity index is 1.66. The summed E-state index contributed by atoms with van der Waals surface area (Å²) >= 11 is 0. The minimum atomic E-state index is -0.377. The van der Waals surface area contributed by atoms with E-state index in [0.717, 1.165) is 13.1 Å². The minimum absolute atomic E-state index is 0.186. The first-order chi connectivity index (χ1) is 11.5. The van der Waals surface area contributed by atoms with Crippen LogP contribution in [0.4, 0.5) is 4.39 Å². The highest BCUT2D eigenvalue weighted by Crippen LogP contribution is 2.25.